The first-order chi connectivity index (χ1) is 17.0. The number of aryl methyl sites for hydroxylation is 1. The van der Waals surface area contributed by atoms with Gasteiger partial charge in [0.15, 0.2) is 11.5 Å². The number of ether oxygens (including phenoxy) is 2. The van der Waals surface area contributed by atoms with Gasteiger partial charge in [0.25, 0.3) is 0 Å². The molecule has 8 heteroatoms. The molecule has 0 radical (unpaired) electrons. The normalized spacial score (nSPS) is 15.1. The molecule has 0 unspecified atom stereocenters. The number of carbonyl (C=O) groups is 2. The quantitative estimate of drug-likeness (QED) is 0.411. The summed E-state index contributed by atoms with van der Waals surface area (Å²) in [5.41, 5.74) is 9.09. The van der Waals surface area contributed by atoms with Crippen LogP contribution in [0.4, 0.5) is 11.4 Å². The molecular weight excluding hydrogens is 466 g/mol. The van der Waals surface area contributed by atoms with E-state index in [1.165, 1.54) is 12.7 Å². The van der Waals surface area contributed by atoms with Crippen LogP contribution in [0.25, 0.3) is 0 Å². The summed E-state index contributed by atoms with van der Waals surface area (Å²) in [6.07, 6.45) is 1.08. The van der Waals surface area contributed by atoms with Gasteiger partial charge in [0.05, 0.1) is 23.7 Å². The molecule has 2 N–H and O–H groups in total. The highest BCUT2D eigenvalue weighted by Crippen LogP contribution is 2.38. The Morgan fingerprint density at radius 2 is 1.83 bits per heavy atom. The van der Waals surface area contributed by atoms with E-state index in [-0.39, 0.29) is 18.2 Å². The zero-order valence-corrected chi connectivity index (χ0v) is 20.5. The van der Waals surface area contributed by atoms with E-state index in [1.54, 1.807) is 17.0 Å². The van der Waals surface area contributed by atoms with Crippen molar-refractivity contribution in [1.29, 1.82) is 0 Å². The van der Waals surface area contributed by atoms with Gasteiger partial charge in [-0.2, -0.15) is 0 Å². The van der Waals surface area contributed by atoms with Crippen LogP contribution in [0.15, 0.2) is 66.7 Å². The molecule has 3 aromatic carbocycles. The number of halogens is 1. The third-order valence-corrected chi connectivity index (χ3v) is 6.22. The third kappa shape index (κ3) is 5.87. The minimum atomic E-state index is -0.466. The minimum absolute atomic E-state index is 0.0703. The fourth-order valence-corrected chi connectivity index (χ4v) is 4.21. The second-order valence-corrected chi connectivity index (χ2v) is 8.71. The monoisotopic (exact) mass is 493 g/mol. The van der Waals surface area contributed by atoms with E-state index in [2.05, 4.69) is 17.8 Å². The highest BCUT2D eigenvalue weighted by Gasteiger charge is 2.35. The number of hydrazine groups is 1. The van der Waals surface area contributed by atoms with E-state index in [1.807, 2.05) is 54.6 Å². The smallest absolute Gasteiger partial charge is 0.243 e. The molecule has 1 saturated heterocycles. The summed E-state index contributed by atoms with van der Waals surface area (Å²) >= 11 is 6.44. The van der Waals surface area contributed by atoms with Gasteiger partial charge in [0.2, 0.25) is 11.8 Å². The summed E-state index contributed by atoms with van der Waals surface area (Å²) in [5.74, 6) is 0.0418. The average molecular weight is 494 g/mol. The summed E-state index contributed by atoms with van der Waals surface area (Å²) < 4.78 is 11.3. The summed E-state index contributed by atoms with van der Waals surface area (Å²) in [6, 6.07) is 20.9. The van der Waals surface area contributed by atoms with Crippen LogP contribution in [0.1, 0.15) is 24.5 Å². The predicted molar refractivity (Wildman–Crippen MR) is 137 cm³/mol. The molecule has 1 atom stereocenters. The van der Waals surface area contributed by atoms with Crippen molar-refractivity contribution in [2.24, 2.45) is 5.92 Å². The van der Waals surface area contributed by atoms with Gasteiger partial charge in [-0.25, -0.2) is 0 Å². The molecule has 0 saturated carbocycles. The van der Waals surface area contributed by atoms with Crippen molar-refractivity contribution in [3.8, 4) is 11.5 Å². The first kappa shape index (κ1) is 24.4. The minimum Gasteiger partial charge on any atom is -0.493 e. The zero-order valence-electron chi connectivity index (χ0n) is 19.7. The van der Waals surface area contributed by atoms with Crippen LogP contribution in [0.2, 0.25) is 5.02 Å². The maximum Gasteiger partial charge on any atom is 0.243 e. The summed E-state index contributed by atoms with van der Waals surface area (Å²) in [7, 11) is 1.52. The number of carbonyl (C=O) groups excluding carboxylic acids is 2. The Morgan fingerprint density at radius 1 is 1.09 bits per heavy atom. The fraction of sp³-hybridized carbons (Fsp3) is 0.259. The molecule has 0 spiro atoms. The van der Waals surface area contributed by atoms with Crippen LogP contribution in [0.3, 0.4) is 0 Å². The van der Waals surface area contributed by atoms with Crippen molar-refractivity contribution in [1.82, 2.24) is 5.43 Å². The van der Waals surface area contributed by atoms with E-state index in [0.717, 1.165) is 17.7 Å². The summed E-state index contributed by atoms with van der Waals surface area (Å²) in [4.78, 5) is 26.9. The van der Waals surface area contributed by atoms with E-state index in [9.17, 15) is 9.59 Å². The lowest BCUT2D eigenvalue weighted by Gasteiger charge is -2.18. The second-order valence-electron chi connectivity index (χ2n) is 8.30. The van der Waals surface area contributed by atoms with Crippen molar-refractivity contribution in [2.45, 2.75) is 26.4 Å². The number of anilines is 2. The molecule has 182 valence electrons. The van der Waals surface area contributed by atoms with Crippen molar-refractivity contribution in [2.75, 3.05) is 24.0 Å². The molecule has 0 aromatic heterocycles. The Kier molecular flexibility index (Phi) is 7.77. The fourth-order valence-electron chi connectivity index (χ4n) is 3.94. The number of amides is 2. The van der Waals surface area contributed by atoms with Crippen LogP contribution in [0.5, 0.6) is 11.5 Å². The van der Waals surface area contributed by atoms with Gasteiger partial charge >= 0.3 is 0 Å². The zero-order chi connectivity index (χ0) is 24.8. The topological polar surface area (TPSA) is 79.9 Å². The van der Waals surface area contributed by atoms with Crippen molar-refractivity contribution in [3.05, 3.63) is 82.9 Å². The molecular formula is C27H28ClN3O4. The summed E-state index contributed by atoms with van der Waals surface area (Å²) in [5, 5.41) is 0.342. The Balaban J connectivity index is 1.36. The second kappa shape index (κ2) is 11.1. The lowest BCUT2D eigenvalue weighted by molar-refractivity contribution is -0.125. The number of nitrogens with one attached hydrogen (secondary N) is 2. The van der Waals surface area contributed by atoms with Crippen LogP contribution in [-0.4, -0.2) is 25.5 Å². The Morgan fingerprint density at radius 3 is 2.51 bits per heavy atom. The lowest BCUT2D eigenvalue weighted by atomic mass is 10.1. The van der Waals surface area contributed by atoms with E-state index >= 15 is 0 Å². The highest BCUT2D eigenvalue weighted by molar-refractivity contribution is 6.32. The molecule has 1 fully saturated rings. The molecule has 7 nitrogen and oxygen atoms in total. The molecule has 1 heterocycles. The standard InChI is InChI=1S/C27H28ClN3O4/c1-3-18-9-11-22(12-10-18)31-16-20(13-25(31)32)27(33)30-29-21-14-23(28)26(24(15-21)34-2)35-17-19-7-5-4-6-8-19/h4-12,14-15,20,29H,3,13,16-17H2,1-2H3,(H,30,33)/t20-/m0/s1. The number of nitrogens with zero attached hydrogens (tertiary/aromatic N) is 1. The Bertz CT molecular complexity index is 1190. The van der Waals surface area contributed by atoms with Crippen LogP contribution in [-0.2, 0) is 22.6 Å². The van der Waals surface area contributed by atoms with Gasteiger partial charge in [-0.05, 0) is 35.7 Å². The van der Waals surface area contributed by atoms with Crippen LogP contribution < -0.4 is 25.2 Å². The van der Waals surface area contributed by atoms with E-state index < -0.39 is 5.92 Å². The molecule has 1 aliphatic rings. The van der Waals surface area contributed by atoms with Gasteiger partial charge in [-0.3, -0.25) is 20.4 Å². The first-order valence-corrected chi connectivity index (χ1v) is 11.9. The van der Waals surface area contributed by atoms with Crippen molar-refractivity contribution in [3.63, 3.8) is 0 Å². The summed E-state index contributed by atoms with van der Waals surface area (Å²) in [6.45, 7) is 2.75. The third-order valence-electron chi connectivity index (χ3n) is 5.94. The van der Waals surface area contributed by atoms with Gasteiger partial charge in [0, 0.05) is 24.7 Å². The number of benzene rings is 3. The highest BCUT2D eigenvalue weighted by atomic mass is 35.5. The van der Waals surface area contributed by atoms with Gasteiger partial charge in [-0.1, -0.05) is 61.0 Å². The van der Waals surface area contributed by atoms with E-state index in [4.69, 9.17) is 21.1 Å². The number of hydrogen-bond donors (Lipinski definition) is 2. The molecule has 35 heavy (non-hydrogen) atoms. The largest absolute Gasteiger partial charge is 0.493 e. The van der Waals surface area contributed by atoms with E-state index in [0.29, 0.717) is 35.4 Å². The van der Waals surface area contributed by atoms with Gasteiger partial charge < -0.3 is 14.4 Å². The molecule has 0 aliphatic carbocycles. The first-order valence-electron chi connectivity index (χ1n) is 11.5. The SMILES string of the molecule is CCc1ccc(N2C[C@@H](C(=O)NNc3cc(Cl)c(OCc4ccccc4)c(OC)c3)CC2=O)cc1. The average Bonchev–Trinajstić information content (AvgIpc) is 3.28. The Labute approximate surface area is 210 Å². The molecule has 3 aromatic rings. The molecule has 4 rings (SSSR count). The maximum atomic E-state index is 12.8. The van der Waals surface area contributed by atoms with Crippen LogP contribution in [0, 0.1) is 5.92 Å². The maximum absolute atomic E-state index is 12.8. The molecule has 1 aliphatic heterocycles. The number of methoxy groups -OCH3 is 1. The van der Waals surface area contributed by atoms with Gasteiger partial charge in [0.1, 0.15) is 6.61 Å². The van der Waals surface area contributed by atoms with Crippen molar-refractivity contribution < 1.29 is 19.1 Å². The number of rotatable bonds is 9. The molecule has 0 bridgehead atoms. The predicted octanol–water partition coefficient (Wildman–Crippen LogP) is 4.99. The van der Waals surface area contributed by atoms with Crippen LogP contribution >= 0.6 is 11.6 Å². The number of hydrogen-bond acceptors (Lipinski definition) is 5. The Hall–Kier alpha value is -3.71. The molecule has 2 amide bonds. The van der Waals surface area contributed by atoms with Gasteiger partial charge in [-0.15, -0.1) is 0 Å². The lowest BCUT2D eigenvalue weighted by Crippen LogP contribution is -2.36. The van der Waals surface area contributed by atoms with Crippen molar-refractivity contribution >= 4 is 34.8 Å².